The van der Waals surface area contributed by atoms with Crippen molar-refractivity contribution in [2.75, 3.05) is 24.2 Å². The van der Waals surface area contributed by atoms with E-state index in [-0.39, 0.29) is 11.7 Å². The van der Waals surface area contributed by atoms with E-state index in [4.69, 9.17) is 10.5 Å². The van der Waals surface area contributed by atoms with Gasteiger partial charge >= 0.3 is 0 Å². The van der Waals surface area contributed by atoms with E-state index in [1.807, 2.05) is 30.3 Å². The predicted molar refractivity (Wildman–Crippen MR) is 106 cm³/mol. The van der Waals surface area contributed by atoms with Crippen molar-refractivity contribution in [1.29, 1.82) is 0 Å². The van der Waals surface area contributed by atoms with Gasteiger partial charge in [-0.2, -0.15) is 0 Å². The topological polar surface area (TPSA) is 152 Å². The summed E-state index contributed by atoms with van der Waals surface area (Å²) >= 11 is 0. The summed E-state index contributed by atoms with van der Waals surface area (Å²) in [5.74, 6) is 0.752. The first-order chi connectivity index (χ1) is 14.0. The lowest BCUT2D eigenvalue weighted by Gasteiger charge is -2.20. The van der Waals surface area contributed by atoms with Gasteiger partial charge in [-0.15, -0.1) is 0 Å². The molecule has 0 spiro atoms. The minimum absolute atomic E-state index is 0.179. The second kappa shape index (κ2) is 7.91. The summed E-state index contributed by atoms with van der Waals surface area (Å²) in [6.07, 6.45) is -3.11. The molecule has 3 aromatic rings. The van der Waals surface area contributed by atoms with Crippen LogP contribution in [0.15, 0.2) is 36.7 Å². The van der Waals surface area contributed by atoms with Crippen LogP contribution in [0.2, 0.25) is 0 Å². The van der Waals surface area contributed by atoms with Crippen molar-refractivity contribution >= 4 is 22.9 Å². The molecule has 0 bridgehead atoms. The molecule has 1 saturated heterocycles. The number of ether oxygens (including phenoxy) is 1. The molecule has 1 aliphatic heterocycles. The molecule has 0 radical (unpaired) electrons. The third kappa shape index (κ3) is 3.51. The Morgan fingerprint density at radius 2 is 1.97 bits per heavy atom. The summed E-state index contributed by atoms with van der Waals surface area (Å²) in [6, 6.07) is 10.0. The maximum Gasteiger partial charge on any atom is 0.207 e. The fourth-order valence-corrected chi connectivity index (χ4v) is 3.53. The van der Waals surface area contributed by atoms with Gasteiger partial charge in [-0.1, -0.05) is 37.3 Å². The van der Waals surface area contributed by atoms with Crippen LogP contribution < -0.4 is 11.1 Å². The molecule has 1 aliphatic rings. The number of aliphatic hydroxyl groups excluding tert-OH is 3. The second-order valence-electron chi connectivity index (χ2n) is 7.16. The fraction of sp³-hybridized carbons (Fsp3) is 0.421. The van der Waals surface area contributed by atoms with E-state index in [2.05, 4.69) is 27.2 Å². The Morgan fingerprint density at radius 3 is 2.66 bits per heavy atom. The van der Waals surface area contributed by atoms with Gasteiger partial charge < -0.3 is 31.1 Å². The zero-order valence-corrected chi connectivity index (χ0v) is 15.9. The van der Waals surface area contributed by atoms with Gasteiger partial charge in [0.25, 0.3) is 0 Å². The summed E-state index contributed by atoms with van der Waals surface area (Å²) in [5.41, 5.74) is 7.84. The maximum atomic E-state index is 10.5. The number of aromatic nitrogens is 4. The highest BCUT2D eigenvalue weighted by Crippen LogP contribution is 2.35. The number of anilines is 2. The van der Waals surface area contributed by atoms with Crippen molar-refractivity contribution in [2.24, 2.45) is 0 Å². The van der Waals surface area contributed by atoms with Gasteiger partial charge in [0.05, 0.1) is 6.61 Å². The molecule has 2 unspecified atom stereocenters. The van der Waals surface area contributed by atoms with Crippen molar-refractivity contribution in [3.8, 4) is 0 Å². The second-order valence-corrected chi connectivity index (χ2v) is 7.16. The number of nitrogens with one attached hydrogen (secondary N) is 1. The average molecular weight is 400 g/mol. The van der Waals surface area contributed by atoms with Gasteiger partial charge in [-0.05, 0) is 11.5 Å². The summed E-state index contributed by atoms with van der Waals surface area (Å²) in [6.45, 7) is 2.21. The number of hydrogen-bond acceptors (Lipinski definition) is 9. The average Bonchev–Trinajstić information content (AvgIpc) is 3.25. The monoisotopic (exact) mass is 400 g/mol. The van der Waals surface area contributed by atoms with Crippen molar-refractivity contribution in [3.63, 3.8) is 0 Å². The quantitative estimate of drug-likeness (QED) is 0.392. The molecular formula is C19H24N6O4. The van der Waals surface area contributed by atoms with Crippen LogP contribution >= 0.6 is 0 Å². The van der Waals surface area contributed by atoms with Crippen LogP contribution in [0, 0.1) is 0 Å². The molecule has 6 N–H and O–H groups in total. The minimum atomic E-state index is -1.27. The molecule has 4 rings (SSSR count). The van der Waals surface area contributed by atoms with Crippen LogP contribution in [0.3, 0.4) is 0 Å². The van der Waals surface area contributed by atoms with Crippen LogP contribution in [0.1, 0.15) is 24.6 Å². The van der Waals surface area contributed by atoms with E-state index in [0.29, 0.717) is 23.7 Å². The van der Waals surface area contributed by atoms with Crippen molar-refractivity contribution < 1.29 is 20.1 Å². The van der Waals surface area contributed by atoms with Crippen molar-refractivity contribution in [2.45, 2.75) is 37.4 Å². The largest absolute Gasteiger partial charge is 0.394 e. The molecule has 0 saturated carbocycles. The lowest BCUT2D eigenvalue weighted by molar-refractivity contribution is -0.0501. The standard InChI is InChI=1S/C19H24N6O4/c1-10(11-5-3-2-4-6-11)7-21-19-24-13-16(20)22-9-23-17(13)25(19)18-15(28)14(27)12(8-26)29-18/h2-6,9-10,12,14-15,18,26-28H,7-8H2,1H3,(H,21,24)(H2,20,22,23)/t10-,12-,14?,15?,18-/m1/s1. The highest BCUT2D eigenvalue weighted by Gasteiger charge is 2.45. The first kappa shape index (κ1) is 19.5. The molecule has 0 amide bonds. The van der Waals surface area contributed by atoms with Gasteiger partial charge in [0.2, 0.25) is 5.95 Å². The molecule has 3 heterocycles. The zero-order chi connectivity index (χ0) is 20.5. The Kier molecular flexibility index (Phi) is 5.33. The molecule has 5 atom stereocenters. The van der Waals surface area contributed by atoms with Crippen molar-refractivity contribution in [3.05, 3.63) is 42.2 Å². The summed E-state index contributed by atoms with van der Waals surface area (Å²) in [7, 11) is 0. The van der Waals surface area contributed by atoms with E-state index in [1.54, 1.807) is 4.57 Å². The lowest BCUT2D eigenvalue weighted by Crippen LogP contribution is -2.33. The van der Waals surface area contributed by atoms with Gasteiger partial charge in [-0.3, -0.25) is 4.57 Å². The summed E-state index contributed by atoms with van der Waals surface area (Å²) in [4.78, 5) is 12.7. The summed E-state index contributed by atoms with van der Waals surface area (Å²) in [5, 5.41) is 33.3. The number of nitrogens with two attached hydrogens (primary N) is 1. The highest BCUT2D eigenvalue weighted by atomic mass is 16.6. The van der Waals surface area contributed by atoms with Gasteiger partial charge in [-0.25, -0.2) is 15.0 Å². The first-order valence-electron chi connectivity index (χ1n) is 9.41. The molecule has 10 heteroatoms. The number of fused-ring (bicyclic) bond motifs is 1. The van der Waals surface area contributed by atoms with Crippen LogP contribution in [-0.2, 0) is 4.74 Å². The number of aliphatic hydroxyl groups is 3. The molecule has 154 valence electrons. The molecule has 10 nitrogen and oxygen atoms in total. The minimum Gasteiger partial charge on any atom is -0.394 e. The molecule has 0 aliphatic carbocycles. The molecule has 2 aromatic heterocycles. The zero-order valence-electron chi connectivity index (χ0n) is 15.9. The highest BCUT2D eigenvalue weighted by molar-refractivity contribution is 5.84. The van der Waals surface area contributed by atoms with Gasteiger partial charge in [0, 0.05) is 6.54 Å². The number of nitrogens with zero attached hydrogens (tertiary/aromatic N) is 4. The number of imidazole rings is 1. The Bertz CT molecular complexity index is 981. The van der Waals surface area contributed by atoms with E-state index in [9.17, 15) is 15.3 Å². The number of rotatable bonds is 6. The van der Waals surface area contributed by atoms with Crippen LogP contribution in [0.25, 0.3) is 11.2 Å². The van der Waals surface area contributed by atoms with E-state index in [0.717, 1.165) is 5.56 Å². The van der Waals surface area contributed by atoms with Crippen LogP contribution in [0.4, 0.5) is 11.8 Å². The predicted octanol–water partition coefficient (Wildman–Crippen LogP) is 0.236. The molecule has 1 fully saturated rings. The Labute approximate surface area is 167 Å². The van der Waals surface area contributed by atoms with E-state index < -0.39 is 31.1 Å². The number of benzene rings is 1. The summed E-state index contributed by atoms with van der Waals surface area (Å²) < 4.78 is 7.24. The molecular weight excluding hydrogens is 376 g/mol. The Balaban J connectivity index is 1.68. The fourth-order valence-electron chi connectivity index (χ4n) is 3.53. The third-order valence-electron chi connectivity index (χ3n) is 5.21. The van der Waals surface area contributed by atoms with E-state index in [1.165, 1.54) is 6.33 Å². The number of hydrogen-bond donors (Lipinski definition) is 5. The maximum absolute atomic E-state index is 10.5. The van der Waals surface area contributed by atoms with Gasteiger partial charge in [0.15, 0.2) is 23.2 Å². The normalized spacial score (nSPS) is 25.4. The smallest absolute Gasteiger partial charge is 0.207 e. The van der Waals surface area contributed by atoms with E-state index >= 15 is 0 Å². The number of nitrogen functional groups attached to an aromatic ring is 1. The van der Waals surface area contributed by atoms with Crippen LogP contribution in [-0.4, -0.2) is 66.3 Å². The molecule has 29 heavy (non-hydrogen) atoms. The SMILES string of the molecule is C[C@H](CNc1nc2c(N)ncnc2n1[C@@H]1O[C@H](CO)C(O)C1O)c1ccccc1. The Morgan fingerprint density at radius 1 is 1.21 bits per heavy atom. The van der Waals surface area contributed by atoms with Gasteiger partial charge in [0.1, 0.15) is 24.6 Å². The van der Waals surface area contributed by atoms with Crippen molar-refractivity contribution in [1.82, 2.24) is 19.5 Å². The molecule has 1 aromatic carbocycles. The lowest BCUT2D eigenvalue weighted by atomic mass is 10.0. The first-order valence-corrected chi connectivity index (χ1v) is 9.41. The Hall–Kier alpha value is -2.79. The van der Waals surface area contributed by atoms with Crippen LogP contribution in [0.5, 0.6) is 0 Å². The third-order valence-corrected chi connectivity index (χ3v) is 5.21.